The SMILES string of the molecule is Cl.O=C(c1c2ccccc2cc2ccccc12)N1CCC(N2CCC(C(=O)N3CCOCC3)CC2)CC1. The average molecular weight is 522 g/mol. The Balaban J connectivity index is 0.00000280. The van der Waals surface area contributed by atoms with Crippen LogP contribution in [0.1, 0.15) is 36.0 Å². The Kier molecular flexibility index (Phi) is 7.98. The van der Waals surface area contributed by atoms with Crippen molar-refractivity contribution >= 4 is 45.8 Å². The highest BCUT2D eigenvalue weighted by Crippen LogP contribution is 2.31. The number of hydrogen-bond donors (Lipinski definition) is 0. The highest BCUT2D eigenvalue weighted by atomic mass is 35.5. The van der Waals surface area contributed by atoms with Crippen LogP contribution in [0.5, 0.6) is 0 Å². The van der Waals surface area contributed by atoms with Crippen molar-refractivity contribution < 1.29 is 14.3 Å². The molecule has 6 nitrogen and oxygen atoms in total. The molecule has 3 aromatic carbocycles. The molecule has 37 heavy (non-hydrogen) atoms. The number of amides is 2. The minimum absolute atomic E-state index is 0. The first-order valence-corrected chi connectivity index (χ1v) is 13.5. The van der Waals surface area contributed by atoms with Gasteiger partial charge in [0, 0.05) is 38.1 Å². The fraction of sp³-hybridized carbons (Fsp3) is 0.467. The highest BCUT2D eigenvalue weighted by molar-refractivity contribution is 6.18. The third-order valence-electron chi connectivity index (χ3n) is 8.45. The summed E-state index contributed by atoms with van der Waals surface area (Å²) >= 11 is 0. The van der Waals surface area contributed by atoms with Crippen molar-refractivity contribution in [2.75, 3.05) is 52.5 Å². The molecule has 0 N–H and O–H groups in total. The van der Waals surface area contributed by atoms with E-state index in [1.165, 1.54) is 0 Å². The Hall–Kier alpha value is -2.67. The summed E-state index contributed by atoms with van der Waals surface area (Å²) in [7, 11) is 0. The maximum atomic E-state index is 13.8. The zero-order valence-electron chi connectivity index (χ0n) is 21.3. The van der Waals surface area contributed by atoms with Crippen LogP contribution in [0.4, 0.5) is 0 Å². The summed E-state index contributed by atoms with van der Waals surface area (Å²) < 4.78 is 5.40. The third-order valence-corrected chi connectivity index (χ3v) is 8.45. The Labute approximate surface area is 224 Å². The van der Waals surface area contributed by atoms with Gasteiger partial charge in [0.1, 0.15) is 0 Å². The monoisotopic (exact) mass is 521 g/mol. The quantitative estimate of drug-likeness (QED) is 0.473. The van der Waals surface area contributed by atoms with Crippen molar-refractivity contribution in [2.45, 2.75) is 31.7 Å². The van der Waals surface area contributed by atoms with Crippen LogP contribution in [0, 0.1) is 5.92 Å². The second-order valence-electron chi connectivity index (χ2n) is 10.5. The van der Waals surface area contributed by atoms with Gasteiger partial charge in [0.15, 0.2) is 0 Å². The second-order valence-corrected chi connectivity index (χ2v) is 10.5. The van der Waals surface area contributed by atoms with Gasteiger partial charge in [-0.3, -0.25) is 9.59 Å². The fourth-order valence-corrected chi connectivity index (χ4v) is 6.39. The highest BCUT2D eigenvalue weighted by Gasteiger charge is 2.34. The Morgan fingerprint density at radius 3 is 1.86 bits per heavy atom. The second kappa shape index (κ2) is 11.4. The molecule has 3 aliphatic heterocycles. The van der Waals surface area contributed by atoms with Gasteiger partial charge in [-0.25, -0.2) is 0 Å². The van der Waals surface area contributed by atoms with Gasteiger partial charge < -0.3 is 19.4 Å². The van der Waals surface area contributed by atoms with Crippen LogP contribution in [0.2, 0.25) is 0 Å². The minimum atomic E-state index is 0. The zero-order chi connectivity index (χ0) is 24.5. The van der Waals surface area contributed by atoms with E-state index in [9.17, 15) is 9.59 Å². The van der Waals surface area contributed by atoms with Gasteiger partial charge in [0.2, 0.25) is 5.91 Å². The van der Waals surface area contributed by atoms with Crippen LogP contribution < -0.4 is 0 Å². The number of benzene rings is 3. The summed E-state index contributed by atoms with van der Waals surface area (Å²) in [5.41, 5.74) is 0.838. The van der Waals surface area contributed by atoms with E-state index < -0.39 is 0 Å². The van der Waals surface area contributed by atoms with E-state index in [2.05, 4.69) is 40.1 Å². The molecular weight excluding hydrogens is 486 g/mol. The van der Waals surface area contributed by atoms with E-state index in [1.54, 1.807) is 0 Å². The first-order valence-electron chi connectivity index (χ1n) is 13.5. The normalized spacial score (nSPS) is 20.2. The maximum Gasteiger partial charge on any atom is 0.255 e. The lowest BCUT2D eigenvalue weighted by Gasteiger charge is -2.42. The van der Waals surface area contributed by atoms with Crippen molar-refractivity contribution in [2.24, 2.45) is 5.92 Å². The fourth-order valence-electron chi connectivity index (χ4n) is 6.39. The molecule has 0 radical (unpaired) electrons. The van der Waals surface area contributed by atoms with Gasteiger partial charge in [-0.05, 0) is 66.4 Å². The number of halogens is 1. The molecule has 7 heteroatoms. The lowest BCUT2D eigenvalue weighted by atomic mass is 9.91. The van der Waals surface area contributed by atoms with Gasteiger partial charge in [-0.1, -0.05) is 48.5 Å². The molecule has 196 valence electrons. The minimum Gasteiger partial charge on any atom is -0.378 e. The molecule has 3 saturated heterocycles. The summed E-state index contributed by atoms with van der Waals surface area (Å²) in [5, 5.41) is 4.30. The summed E-state index contributed by atoms with van der Waals surface area (Å²) in [4.78, 5) is 33.3. The number of nitrogens with zero attached hydrogens (tertiary/aromatic N) is 3. The van der Waals surface area contributed by atoms with E-state index in [1.807, 2.05) is 29.2 Å². The summed E-state index contributed by atoms with van der Waals surface area (Å²) in [6.45, 7) is 6.32. The summed E-state index contributed by atoms with van der Waals surface area (Å²) in [5.74, 6) is 0.623. The van der Waals surface area contributed by atoms with Gasteiger partial charge in [0.25, 0.3) is 5.91 Å². The van der Waals surface area contributed by atoms with E-state index in [-0.39, 0.29) is 24.2 Å². The van der Waals surface area contributed by atoms with Crippen molar-refractivity contribution in [1.82, 2.24) is 14.7 Å². The average Bonchev–Trinajstić information content (AvgIpc) is 2.96. The standard InChI is InChI=1S/C30H35N3O3.ClH/c34-29(33-17-19-36-20-18-33)22-9-13-31(14-10-22)25-11-15-32(16-12-25)30(35)28-26-7-3-1-5-23(26)21-24-6-2-4-8-27(24)28;/h1-8,21-22,25H,9-20H2;1H. The number of piperidine rings is 2. The number of fused-ring (bicyclic) bond motifs is 2. The van der Waals surface area contributed by atoms with Crippen LogP contribution in [-0.4, -0.2) is 85.0 Å². The molecule has 2 amide bonds. The Morgan fingerprint density at radius 1 is 0.703 bits per heavy atom. The zero-order valence-corrected chi connectivity index (χ0v) is 22.1. The Morgan fingerprint density at radius 2 is 1.27 bits per heavy atom. The van der Waals surface area contributed by atoms with E-state index >= 15 is 0 Å². The maximum absolute atomic E-state index is 13.8. The lowest BCUT2D eigenvalue weighted by molar-refractivity contribution is -0.141. The molecule has 3 aliphatic rings. The molecular formula is C30H36ClN3O3. The van der Waals surface area contributed by atoms with Crippen molar-refractivity contribution in [1.29, 1.82) is 0 Å². The topological polar surface area (TPSA) is 53.1 Å². The number of carbonyl (C=O) groups is 2. The molecule has 0 aliphatic carbocycles. The van der Waals surface area contributed by atoms with Crippen LogP contribution in [0.3, 0.4) is 0 Å². The van der Waals surface area contributed by atoms with Crippen LogP contribution in [0.25, 0.3) is 21.5 Å². The predicted molar refractivity (Wildman–Crippen MR) is 149 cm³/mol. The number of rotatable bonds is 3. The number of morpholine rings is 1. The van der Waals surface area contributed by atoms with E-state index in [4.69, 9.17) is 4.74 Å². The van der Waals surface area contributed by atoms with Crippen molar-refractivity contribution in [3.05, 3.63) is 60.2 Å². The number of likely N-dealkylation sites (tertiary alicyclic amines) is 2. The summed E-state index contributed by atoms with van der Waals surface area (Å²) in [6.07, 6.45) is 3.88. The molecule has 0 spiro atoms. The van der Waals surface area contributed by atoms with Crippen LogP contribution in [-0.2, 0) is 9.53 Å². The van der Waals surface area contributed by atoms with Gasteiger partial charge >= 0.3 is 0 Å². The number of hydrogen-bond acceptors (Lipinski definition) is 4. The molecule has 3 fully saturated rings. The summed E-state index contributed by atoms with van der Waals surface area (Å²) in [6, 6.07) is 19.1. The smallest absolute Gasteiger partial charge is 0.255 e. The van der Waals surface area contributed by atoms with Crippen LogP contribution >= 0.6 is 12.4 Å². The molecule has 3 aromatic rings. The molecule has 0 saturated carbocycles. The number of carbonyl (C=O) groups excluding carboxylic acids is 2. The van der Waals surface area contributed by atoms with Crippen LogP contribution in [0.15, 0.2) is 54.6 Å². The third kappa shape index (κ3) is 5.20. The molecule has 3 heterocycles. The first kappa shape index (κ1) is 26.0. The van der Waals surface area contributed by atoms with E-state index in [0.717, 1.165) is 92.1 Å². The van der Waals surface area contributed by atoms with Gasteiger partial charge in [-0.2, -0.15) is 0 Å². The number of ether oxygens (including phenoxy) is 1. The van der Waals surface area contributed by atoms with E-state index in [0.29, 0.717) is 25.2 Å². The molecule has 6 rings (SSSR count). The van der Waals surface area contributed by atoms with Crippen molar-refractivity contribution in [3.63, 3.8) is 0 Å². The van der Waals surface area contributed by atoms with Gasteiger partial charge in [-0.15, -0.1) is 12.4 Å². The van der Waals surface area contributed by atoms with Crippen molar-refractivity contribution in [3.8, 4) is 0 Å². The lowest BCUT2D eigenvalue weighted by Crippen LogP contribution is -2.51. The predicted octanol–water partition coefficient (Wildman–Crippen LogP) is 4.59. The molecule has 0 atom stereocenters. The molecule has 0 unspecified atom stereocenters. The molecule has 0 aromatic heterocycles. The first-order chi connectivity index (χ1) is 17.7. The molecule has 0 bridgehead atoms. The van der Waals surface area contributed by atoms with Gasteiger partial charge in [0.05, 0.1) is 18.8 Å². The Bertz CT molecular complexity index is 1210. The largest absolute Gasteiger partial charge is 0.378 e.